The molecule has 1 rings (SSSR count). The normalized spacial score (nSPS) is 24.7. The van der Waals surface area contributed by atoms with Crippen molar-refractivity contribution in [2.45, 2.75) is 59.2 Å². The Labute approximate surface area is 113 Å². The van der Waals surface area contributed by atoms with E-state index in [-0.39, 0.29) is 23.4 Å². The molecule has 0 saturated heterocycles. The van der Waals surface area contributed by atoms with Crippen molar-refractivity contribution in [1.29, 1.82) is 5.26 Å². The Bertz CT molecular complexity index is 337. The third-order valence-electron chi connectivity index (χ3n) is 3.72. The first kappa shape index (κ1) is 16.3. The van der Waals surface area contributed by atoms with Gasteiger partial charge < -0.3 is 5.32 Å². The number of hydrogen-bond acceptors (Lipinski definition) is 2. The molecule has 5 heteroatoms. The Balaban J connectivity index is 2.60. The van der Waals surface area contributed by atoms with Crippen LogP contribution in [0.15, 0.2) is 0 Å². The molecule has 1 fully saturated rings. The summed E-state index contributed by atoms with van der Waals surface area (Å²) in [5, 5.41) is 11.5. The molecule has 1 N–H and O–H groups in total. The number of halogens is 3. The fourth-order valence-corrected chi connectivity index (χ4v) is 3.51. The van der Waals surface area contributed by atoms with Crippen LogP contribution < -0.4 is 5.32 Å². The third-order valence-corrected chi connectivity index (χ3v) is 3.72. The maximum atomic E-state index is 12.5. The molecule has 0 bridgehead atoms. The molecule has 19 heavy (non-hydrogen) atoms. The van der Waals surface area contributed by atoms with Crippen LogP contribution >= 0.6 is 0 Å². The van der Waals surface area contributed by atoms with Gasteiger partial charge in [0, 0.05) is 12.6 Å². The minimum absolute atomic E-state index is 0.0527. The number of nitrogens with one attached hydrogen (secondary N) is 1. The summed E-state index contributed by atoms with van der Waals surface area (Å²) in [6.45, 7) is 8.28. The lowest BCUT2D eigenvalue weighted by atomic mass is 9.63. The van der Waals surface area contributed by atoms with Crippen molar-refractivity contribution in [1.82, 2.24) is 5.32 Å². The molecule has 0 aromatic rings. The van der Waals surface area contributed by atoms with Crippen LogP contribution in [0.25, 0.3) is 0 Å². The molecular weight excluding hydrogens is 253 g/mol. The van der Waals surface area contributed by atoms with Gasteiger partial charge >= 0.3 is 6.18 Å². The Morgan fingerprint density at radius 2 is 1.68 bits per heavy atom. The topological polar surface area (TPSA) is 35.8 Å². The van der Waals surface area contributed by atoms with E-state index in [1.807, 2.05) is 0 Å². The van der Waals surface area contributed by atoms with E-state index in [4.69, 9.17) is 5.26 Å². The maximum Gasteiger partial charge on any atom is 0.405 e. The molecule has 1 unspecified atom stereocenters. The van der Waals surface area contributed by atoms with Gasteiger partial charge in [0.05, 0.1) is 6.07 Å². The molecule has 0 aromatic heterocycles. The molecule has 1 atom stereocenters. The minimum atomic E-state index is -4.44. The second-order valence-electron chi connectivity index (χ2n) is 7.24. The van der Waals surface area contributed by atoms with Crippen molar-refractivity contribution in [2.75, 3.05) is 6.54 Å². The zero-order valence-corrected chi connectivity index (χ0v) is 12.1. The largest absolute Gasteiger partial charge is 0.405 e. The summed E-state index contributed by atoms with van der Waals surface area (Å²) in [5.74, 6) is -1.92. The van der Waals surface area contributed by atoms with Crippen LogP contribution in [0.1, 0.15) is 47.0 Å². The van der Waals surface area contributed by atoms with Crippen molar-refractivity contribution >= 4 is 0 Å². The van der Waals surface area contributed by atoms with E-state index < -0.39 is 12.1 Å². The van der Waals surface area contributed by atoms with E-state index in [0.717, 1.165) is 19.3 Å². The van der Waals surface area contributed by atoms with Gasteiger partial charge in [-0.2, -0.15) is 18.4 Å². The van der Waals surface area contributed by atoms with Crippen LogP contribution in [0, 0.1) is 28.1 Å². The first-order chi connectivity index (χ1) is 8.45. The van der Waals surface area contributed by atoms with Gasteiger partial charge in [0.2, 0.25) is 0 Å². The van der Waals surface area contributed by atoms with Crippen LogP contribution in [0.2, 0.25) is 0 Å². The number of nitrogens with zero attached hydrogens (tertiary/aromatic N) is 1. The van der Waals surface area contributed by atoms with E-state index in [1.54, 1.807) is 0 Å². The van der Waals surface area contributed by atoms with Gasteiger partial charge in [0.25, 0.3) is 0 Å². The monoisotopic (exact) mass is 276 g/mol. The van der Waals surface area contributed by atoms with Gasteiger partial charge in [0.15, 0.2) is 5.92 Å². The van der Waals surface area contributed by atoms with E-state index in [0.29, 0.717) is 0 Å². The number of rotatable bonds is 3. The Morgan fingerprint density at radius 3 is 2.05 bits per heavy atom. The maximum absolute atomic E-state index is 12.5. The predicted octanol–water partition coefficient (Wildman–Crippen LogP) is 3.88. The molecule has 0 aromatic carbocycles. The molecular formula is C14H23F3N2. The minimum Gasteiger partial charge on any atom is -0.312 e. The SMILES string of the molecule is CC1(C)CC(NCC(C#N)C(F)(F)F)CC(C)(C)C1. The smallest absolute Gasteiger partial charge is 0.312 e. The van der Waals surface area contributed by atoms with E-state index in [2.05, 4.69) is 33.0 Å². The average Bonchev–Trinajstić information content (AvgIpc) is 2.10. The number of nitriles is 1. The molecule has 1 saturated carbocycles. The van der Waals surface area contributed by atoms with Gasteiger partial charge in [-0.15, -0.1) is 0 Å². The Kier molecular flexibility index (Phi) is 4.56. The lowest BCUT2D eigenvalue weighted by Gasteiger charge is -2.45. The predicted molar refractivity (Wildman–Crippen MR) is 68.4 cm³/mol. The van der Waals surface area contributed by atoms with Crippen molar-refractivity contribution in [3.05, 3.63) is 0 Å². The first-order valence-corrected chi connectivity index (χ1v) is 6.65. The highest BCUT2D eigenvalue weighted by molar-refractivity contribution is 4.95. The second kappa shape index (κ2) is 5.32. The molecule has 0 heterocycles. The highest BCUT2D eigenvalue weighted by Crippen LogP contribution is 2.45. The summed E-state index contributed by atoms with van der Waals surface area (Å²) in [6.07, 6.45) is -1.67. The number of alkyl halides is 3. The summed E-state index contributed by atoms with van der Waals surface area (Å²) in [4.78, 5) is 0. The van der Waals surface area contributed by atoms with Crippen LogP contribution in [-0.4, -0.2) is 18.8 Å². The fraction of sp³-hybridized carbons (Fsp3) is 0.929. The lowest BCUT2D eigenvalue weighted by Crippen LogP contribution is -2.46. The first-order valence-electron chi connectivity index (χ1n) is 6.65. The highest BCUT2D eigenvalue weighted by atomic mass is 19.4. The van der Waals surface area contributed by atoms with Crippen molar-refractivity contribution < 1.29 is 13.2 Å². The average molecular weight is 276 g/mol. The van der Waals surface area contributed by atoms with Gasteiger partial charge in [0.1, 0.15) is 0 Å². The van der Waals surface area contributed by atoms with Crippen molar-refractivity contribution in [3.8, 4) is 6.07 Å². The van der Waals surface area contributed by atoms with Gasteiger partial charge in [-0.1, -0.05) is 27.7 Å². The van der Waals surface area contributed by atoms with Gasteiger partial charge in [-0.05, 0) is 30.1 Å². The summed E-state index contributed by atoms with van der Waals surface area (Å²) in [6, 6.07) is 1.39. The standard InChI is InChI=1S/C14H23F3N2/c1-12(2)5-11(6-13(3,4)9-12)19-8-10(7-18)14(15,16)17/h10-11,19H,5-6,8-9H2,1-4H3. The van der Waals surface area contributed by atoms with Crippen molar-refractivity contribution in [2.24, 2.45) is 16.7 Å². The summed E-state index contributed by atoms with van der Waals surface area (Å²) in [7, 11) is 0. The molecule has 0 spiro atoms. The van der Waals surface area contributed by atoms with Crippen molar-refractivity contribution in [3.63, 3.8) is 0 Å². The highest BCUT2D eigenvalue weighted by Gasteiger charge is 2.42. The van der Waals surface area contributed by atoms with Crippen LogP contribution in [0.5, 0.6) is 0 Å². The molecule has 0 radical (unpaired) electrons. The van der Waals surface area contributed by atoms with E-state index in [1.165, 1.54) is 6.07 Å². The van der Waals surface area contributed by atoms with E-state index in [9.17, 15) is 13.2 Å². The van der Waals surface area contributed by atoms with Crippen LogP contribution in [0.4, 0.5) is 13.2 Å². The van der Waals surface area contributed by atoms with Gasteiger partial charge in [-0.3, -0.25) is 0 Å². The summed E-state index contributed by atoms with van der Waals surface area (Å²) < 4.78 is 37.5. The Hall–Kier alpha value is -0.760. The molecule has 1 aliphatic rings. The lowest BCUT2D eigenvalue weighted by molar-refractivity contribution is -0.158. The summed E-state index contributed by atoms with van der Waals surface area (Å²) >= 11 is 0. The van der Waals surface area contributed by atoms with Gasteiger partial charge in [-0.25, -0.2) is 0 Å². The quantitative estimate of drug-likeness (QED) is 0.849. The second-order valence-corrected chi connectivity index (χ2v) is 7.24. The summed E-state index contributed by atoms with van der Waals surface area (Å²) in [5.41, 5.74) is 0.250. The molecule has 110 valence electrons. The third kappa shape index (κ3) is 5.02. The molecule has 0 amide bonds. The zero-order chi connectivity index (χ0) is 14.9. The van der Waals surface area contributed by atoms with Crippen LogP contribution in [0.3, 0.4) is 0 Å². The number of hydrogen-bond donors (Lipinski definition) is 1. The zero-order valence-electron chi connectivity index (χ0n) is 12.1. The van der Waals surface area contributed by atoms with E-state index >= 15 is 0 Å². The molecule has 0 aliphatic heterocycles. The molecule has 2 nitrogen and oxygen atoms in total. The Morgan fingerprint density at radius 1 is 1.21 bits per heavy atom. The fourth-order valence-electron chi connectivity index (χ4n) is 3.51. The van der Waals surface area contributed by atoms with Crippen LogP contribution in [-0.2, 0) is 0 Å². The molecule has 1 aliphatic carbocycles.